The Bertz CT molecular complexity index is 897. The number of hydrogen-bond donors (Lipinski definition) is 2. The highest BCUT2D eigenvalue weighted by Gasteiger charge is 2.32. The van der Waals surface area contributed by atoms with Gasteiger partial charge in [-0.25, -0.2) is 9.78 Å². The van der Waals surface area contributed by atoms with Crippen molar-refractivity contribution >= 4 is 29.3 Å². The van der Waals surface area contributed by atoms with Crippen LogP contribution < -0.4 is 15.5 Å². The molecule has 1 saturated heterocycles. The number of hydrogen-bond acceptors (Lipinski definition) is 6. The predicted octanol–water partition coefficient (Wildman–Crippen LogP) is 1.26. The molecule has 0 spiro atoms. The van der Waals surface area contributed by atoms with Gasteiger partial charge in [0.1, 0.15) is 11.9 Å². The Morgan fingerprint density at radius 1 is 1.26 bits per heavy atom. The van der Waals surface area contributed by atoms with Crippen molar-refractivity contribution < 1.29 is 19.1 Å². The molecule has 2 aliphatic heterocycles. The first-order chi connectivity index (χ1) is 13.1. The van der Waals surface area contributed by atoms with Crippen molar-refractivity contribution in [2.24, 2.45) is 0 Å². The third-order valence-electron chi connectivity index (χ3n) is 4.54. The second-order valence-electron chi connectivity index (χ2n) is 6.41. The van der Waals surface area contributed by atoms with Crippen molar-refractivity contribution in [2.45, 2.75) is 12.5 Å². The lowest BCUT2D eigenvalue weighted by Gasteiger charge is -2.27. The maximum Gasteiger partial charge on any atom is 0.339 e. The number of pyridine rings is 1. The van der Waals surface area contributed by atoms with Crippen LogP contribution in [0.4, 0.5) is 11.5 Å². The van der Waals surface area contributed by atoms with Gasteiger partial charge >= 0.3 is 5.97 Å². The summed E-state index contributed by atoms with van der Waals surface area (Å²) < 4.78 is 5.29. The summed E-state index contributed by atoms with van der Waals surface area (Å²) in [6, 6.07) is 10.6. The summed E-state index contributed by atoms with van der Waals surface area (Å²) in [6.07, 6.45) is 1.01. The number of rotatable bonds is 4. The van der Waals surface area contributed by atoms with Crippen LogP contribution in [0.25, 0.3) is 0 Å². The van der Waals surface area contributed by atoms with Gasteiger partial charge in [-0.1, -0.05) is 18.2 Å². The Hall–Kier alpha value is -3.42. The third kappa shape index (κ3) is 3.59. The van der Waals surface area contributed by atoms with Crippen molar-refractivity contribution in [2.75, 3.05) is 29.9 Å². The van der Waals surface area contributed by atoms with Crippen LogP contribution in [0.2, 0.25) is 0 Å². The van der Waals surface area contributed by atoms with E-state index < -0.39 is 12.1 Å². The molecule has 0 saturated carbocycles. The van der Waals surface area contributed by atoms with E-state index in [0.29, 0.717) is 30.2 Å². The summed E-state index contributed by atoms with van der Waals surface area (Å²) in [5, 5.41) is 5.53. The lowest BCUT2D eigenvalue weighted by molar-refractivity contribution is -0.120. The van der Waals surface area contributed by atoms with Crippen LogP contribution in [0.5, 0.6) is 0 Å². The standard InChI is InChI=1S/C19H18N4O4/c24-17(9-15-13-3-1-2-4-14(13)19(26)27-15)22-12-5-6-16(21-10-12)23-8-7-20-18(25)11-23/h1-6,10,15H,7-9,11H2,(H,20,25)(H,22,24)/t15-/m1/s1. The molecule has 0 unspecified atom stereocenters. The largest absolute Gasteiger partial charge is 0.453 e. The zero-order chi connectivity index (χ0) is 18.8. The second-order valence-corrected chi connectivity index (χ2v) is 6.41. The predicted molar refractivity (Wildman–Crippen MR) is 97.3 cm³/mol. The van der Waals surface area contributed by atoms with Crippen LogP contribution in [-0.4, -0.2) is 42.4 Å². The Morgan fingerprint density at radius 2 is 2.11 bits per heavy atom. The Morgan fingerprint density at radius 3 is 2.89 bits per heavy atom. The summed E-state index contributed by atoms with van der Waals surface area (Å²) >= 11 is 0. The molecule has 2 aromatic rings. The maximum atomic E-state index is 12.3. The molecule has 0 bridgehead atoms. The first-order valence-electron chi connectivity index (χ1n) is 8.67. The van der Waals surface area contributed by atoms with Crippen LogP contribution in [0.1, 0.15) is 28.4 Å². The number of esters is 1. The lowest BCUT2D eigenvalue weighted by Crippen LogP contribution is -2.48. The van der Waals surface area contributed by atoms with E-state index in [-0.39, 0.29) is 24.8 Å². The molecule has 2 amide bonds. The first kappa shape index (κ1) is 17.0. The van der Waals surface area contributed by atoms with Gasteiger partial charge in [0, 0.05) is 18.7 Å². The molecule has 0 radical (unpaired) electrons. The first-order valence-corrected chi connectivity index (χ1v) is 8.67. The van der Waals surface area contributed by atoms with E-state index in [9.17, 15) is 14.4 Å². The fourth-order valence-corrected chi connectivity index (χ4v) is 3.23. The zero-order valence-electron chi connectivity index (χ0n) is 14.5. The van der Waals surface area contributed by atoms with Crippen LogP contribution in [-0.2, 0) is 14.3 Å². The number of cyclic esters (lactones) is 1. The summed E-state index contributed by atoms with van der Waals surface area (Å²) in [6.45, 7) is 1.54. The Labute approximate surface area is 155 Å². The van der Waals surface area contributed by atoms with Gasteiger partial charge in [-0.15, -0.1) is 0 Å². The van der Waals surface area contributed by atoms with Crippen molar-refractivity contribution in [3.63, 3.8) is 0 Å². The number of anilines is 2. The molecular weight excluding hydrogens is 348 g/mol. The molecule has 1 fully saturated rings. The molecule has 1 aromatic carbocycles. The molecule has 8 heteroatoms. The van der Waals surface area contributed by atoms with Gasteiger partial charge < -0.3 is 20.3 Å². The quantitative estimate of drug-likeness (QED) is 0.790. The van der Waals surface area contributed by atoms with Crippen molar-refractivity contribution in [1.29, 1.82) is 0 Å². The van der Waals surface area contributed by atoms with E-state index in [1.165, 1.54) is 0 Å². The Balaban J connectivity index is 1.37. The van der Waals surface area contributed by atoms with Crippen molar-refractivity contribution in [1.82, 2.24) is 10.3 Å². The fourth-order valence-electron chi connectivity index (χ4n) is 3.23. The zero-order valence-corrected chi connectivity index (χ0v) is 14.5. The number of carbonyl (C=O) groups excluding carboxylic acids is 3. The molecule has 4 rings (SSSR count). The third-order valence-corrected chi connectivity index (χ3v) is 4.54. The van der Waals surface area contributed by atoms with E-state index >= 15 is 0 Å². The van der Waals surface area contributed by atoms with E-state index in [4.69, 9.17) is 4.74 Å². The maximum absolute atomic E-state index is 12.3. The van der Waals surface area contributed by atoms with E-state index in [1.807, 2.05) is 11.0 Å². The normalized spacial score (nSPS) is 18.5. The molecular formula is C19H18N4O4. The van der Waals surface area contributed by atoms with Crippen LogP contribution >= 0.6 is 0 Å². The van der Waals surface area contributed by atoms with Crippen molar-refractivity contribution in [3.05, 3.63) is 53.7 Å². The number of amides is 2. The van der Waals surface area contributed by atoms with Crippen molar-refractivity contribution in [3.8, 4) is 0 Å². The summed E-state index contributed by atoms with van der Waals surface area (Å²) in [5.41, 5.74) is 1.78. The number of carbonyl (C=O) groups is 3. The summed E-state index contributed by atoms with van der Waals surface area (Å²) in [5.74, 6) is -0.0234. The molecule has 138 valence electrons. The average molecular weight is 366 g/mol. The van der Waals surface area contributed by atoms with Gasteiger partial charge in [0.2, 0.25) is 11.8 Å². The lowest BCUT2D eigenvalue weighted by atomic mass is 10.0. The molecule has 2 aliphatic rings. The highest BCUT2D eigenvalue weighted by molar-refractivity contribution is 5.96. The fraction of sp³-hybridized carbons (Fsp3) is 0.263. The summed E-state index contributed by atoms with van der Waals surface area (Å²) in [7, 11) is 0. The number of nitrogens with zero attached hydrogens (tertiary/aromatic N) is 2. The van der Waals surface area contributed by atoms with Crippen LogP contribution in [0.15, 0.2) is 42.6 Å². The summed E-state index contributed by atoms with van der Waals surface area (Å²) in [4.78, 5) is 41.8. The molecule has 0 aliphatic carbocycles. The second kappa shape index (κ2) is 7.06. The number of aromatic nitrogens is 1. The molecule has 27 heavy (non-hydrogen) atoms. The SMILES string of the molecule is O=C1CN(c2ccc(NC(=O)C[C@H]3OC(=O)c4ccccc43)cn2)CCN1. The van der Waals surface area contributed by atoms with E-state index in [0.717, 1.165) is 5.56 Å². The van der Waals surface area contributed by atoms with Gasteiger partial charge in [-0.3, -0.25) is 9.59 Å². The molecule has 1 atom stereocenters. The molecule has 2 N–H and O–H groups in total. The average Bonchev–Trinajstić information content (AvgIpc) is 2.98. The van der Waals surface area contributed by atoms with Crippen LogP contribution in [0.3, 0.4) is 0 Å². The number of benzene rings is 1. The number of ether oxygens (including phenoxy) is 1. The van der Waals surface area contributed by atoms with Gasteiger partial charge in [-0.05, 0) is 18.2 Å². The Kier molecular flexibility index (Phi) is 4.45. The highest BCUT2D eigenvalue weighted by Crippen LogP contribution is 2.32. The number of piperazine rings is 1. The van der Waals surface area contributed by atoms with Gasteiger partial charge in [-0.2, -0.15) is 0 Å². The minimum Gasteiger partial charge on any atom is -0.453 e. The van der Waals surface area contributed by atoms with Gasteiger partial charge in [0.05, 0.1) is 30.4 Å². The minimum atomic E-state index is -0.576. The molecule has 1 aromatic heterocycles. The van der Waals surface area contributed by atoms with E-state index in [2.05, 4.69) is 15.6 Å². The molecule has 3 heterocycles. The number of nitrogens with one attached hydrogen (secondary N) is 2. The monoisotopic (exact) mass is 366 g/mol. The highest BCUT2D eigenvalue weighted by atomic mass is 16.5. The van der Waals surface area contributed by atoms with E-state index in [1.54, 1.807) is 36.5 Å². The molecule has 8 nitrogen and oxygen atoms in total. The van der Waals surface area contributed by atoms with Gasteiger partial charge in [0.15, 0.2) is 0 Å². The van der Waals surface area contributed by atoms with Crippen LogP contribution in [0, 0.1) is 0 Å². The smallest absolute Gasteiger partial charge is 0.339 e. The minimum absolute atomic E-state index is 0.0354. The topological polar surface area (TPSA) is 101 Å². The number of fused-ring (bicyclic) bond motifs is 1. The van der Waals surface area contributed by atoms with Gasteiger partial charge in [0.25, 0.3) is 0 Å².